The minimum atomic E-state index is -0.543. The standard InChI is InChI=1S/C35H38ClN5O6S/c1-21(25-8-7-9-28(31(25)36)46-24-12-14-40(15-13-24)34(43)47-35(2,3)4)45-29-17-30(48-32(29)33(42)44-6)41-20-37-26-16-22(10-11-27(26)41)23-18-38-39(5)19-23/h7-11,16-21,24H,12-15H2,1-6H3. The molecule has 11 nitrogen and oxygen atoms in total. The van der Waals surface area contributed by atoms with Gasteiger partial charge in [-0.15, -0.1) is 11.3 Å². The second kappa shape index (κ2) is 13.5. The van der Waals surface area contributed by atoms with Crippen molar-refractivity contribution in [2.24, 2.45) is 7.05 Å². The van der Waals surface area contributed by atoms with E-state index in [1.54, 1.807) is 15.9 Å². The highest BCUT2D eigenvalue weighted by Crippen LogP contribution is 2.40. The van der Waals surface area contributed by atoms with Gasteiger partial charge in [0.2, 0.25) is 0 Å². The summed E-state index contributed by atoms with van der Waals surface area (Å²) in [6.07, 6.45) is 5.86. The van der Waals surface area contributed by atoms with Crippen LogP contribution in [-0.4, -0.2) is 68.2 Å². The van der Waals surface area contributed by atoms with Crippen LogP contribution >= 0.6 is 22.9 Å². The van der Waals surface area contributed by atoms with E-state index < -0.39 is 17.7 Å². The lowest BCUT2D eigenvalue weighted by atomic mass is 10.1. The molecule has 1 aliphatic rings. The van der Waals surface area contributed by atoms with Gasteiger partial charge < -0.3 is 23.8 Å². The Balaban J connectivity index is 1.18. The number of likely N-dealkylation sites (tertiary alicyclic amines) is 1. The van der Waals surface area contributed by atoms with E-state index in [-0.39, 0.29) is 12.2 Å². The number of fused-ring (bicyclic) bond motifs is 1. The van der Waals surface area contributed by atoms with Crippen molar-refractivity contribution in [2.45, 2.75) is 58.3 Å². The fraction of sp³-hybridized carbons (Fsp3) is 0.371. The van der Waals surface area contributed by atoms with Crippen molar-refractivity contribution in [1.82, 2.24) is 24.2 Å². The van der Waals surface area contributed by atoms with Crippen LogP contribution in [0.3, 0.4) is 0 Å². The van der Waals surface area contributed by atoms with Crippen LogP contribution in [-0.2, 0) is 16.5 Å². The molecule has 0 aliphatic carbocycles. The summed E-state index contributed by atoms with van der Waals surface area (Å²) in [6.45, 7) is 8.51. The predicted molar refractivity (Wildman–Crippen MR) is 184 cm³/mol. The van der Waals surface area contributed by atoms with Gasteiger partial charge in [0.1, 0.15) is 40.6 Å². The second-order valence-corrected chi connectivity index (χ2v) is 14.1. The first-order valence-corrected chi connectivity index (χ1v) is 16.9. The van der Waals surface area contributed by atoms with Crippen LogP contribution in [0.5, 0.6) is 11.5 Å². The number of carbonyl (C=O) groups excluding carboxylic acids is 2. The van der Waals surface area contributed by atoms with Crippen LogP contribution in [0.1, 0.15) is 61.9 Å². The molecule has 0 saturated carbocycles. The van der Waals surface area contributed by atoms with Gasteiger partial charge in [-0.2, -0.15) is 5.10 Å². The fourth-order valence-corrected chi connectivity index (χ4v) is 6.91. The van der Waals surface area contributed by atoms with Crippen LogP contribution < -0.4 is 9.47 Å². The quantitative estimate of drug-likeness (QED) is 0.151. The van der Waals surface area contributed by atoms with Crippen LogP contribution in [0.25, 0.3) is 27.2 Å². The van der Waals surface area contributed by atoms with Gasteiger partial charge in [-0.25, -0.2) is 14.6 Å². The number of hydrogen-bond acceptors (Lipinski definition) is 9. The first-order chi connectivity index (χ1) is 22.9. The zero-order chi connectivity index (χ0) is 34.2. The molecule has 4 heterocycles. The highest BCUT2D eigenvalue weighted by atomic mass is 35.5. The first kappa shape index (κ1) is 33.4. The van der Waals surface area contributed by atoms with Gasteiger partial charge in [0, 0.05) is 56.4 Å². The molecular weight excluding hydrogens is 654 g/mol. The molecule has 1 fully saturated rings. The van der Waals surface area contributed by atoms with Crippen LogP contribution in [0.2, 0.25) is 5.02 Å². The van der Waals surface area contributed by atoms with Crippen LogP contribution in [0.15, 0.2) is 61.2 Å². The van der Waals surface area contributed by atoms with Crippen molar-refractivity contribution in [3.05, 3.63) is 76.6 Å². The molecule has 5 aromatic rings. The molecule has 2 aromatic carbocycles. The third kappa shape index (κ3) is 7.14. The lowest BCUT2D eigenvalue weighted by molar-refractivity contribution is 0.0126. The number of hydrogen-bond donors (Lipinski definition) is 0. The number of nitrogens with zero attached hydrogens (tertiary/aromatic N) is 5. The number of methoxy groups -OCH3 is 1. The number of imidazole rings is 1. The average molecular weight is 692 g/mol. The highest BCUT2D eigenvalue weighted by Gasteiger charge is 2.29. The smallest absolute Gasteiger partial charge is 0.410 e. The Morgan fingerprint density at radius 3 is 2.52 bits per heavy atom. The van der Waals surface area contributed by atoms with Gasteiger partial charge in [-0.1, -0.05) is 29.8 Å². The third-order valence-corrected chi connectivity index (χ3v) is 9.50. The number of piperidine rings is 1. The van der Waals surface area contributed by atoms with Gasteiger partial charge in [0.25, 0.3) is 0 Å². The molecule has 3 aromatic heterocycles. The number of esters is 1. The SMILES string of the molecule is COC(=O)c1sc(-n2cnc3cc(-c4cnn(C)c4)ccc32)cc1OC(C)c1cccc(OC2CCN(C(=O)OC(C)(C)C)CC2)c1Cl. The minimum absolute atomic E-state index is 0.108. The lowest BCUT2D eigenvalue weighted by Crippen LogP contribution is -2.44. The summed E-state index contributed by atoms with van der Waals surface area (Å²) in [7, 11) is 3.23. The van der Waals surface area contributed by atoms with E-state index >= 15 is 0 Å². The van der Waals surface area contributed by atoms with Gasteiger partial charge in [-0.05, 0) is 51.5 Å². The second-order valence-electron chi connectivity index (χ2n) is 12.7. The van der Waals surface area contributed by atoms with Crippen molar-refractivity contribution in [1.29, 1.82) is 0 Å². The molecule has 48 heavy (non-hydrogen) atoms. The van der Waals surface area contributed by atoms with E-state index in [2.05, 4.69) is 10.1 Å². The topological polar surface area (TPSA) is 110 Å². The Morgan fingerprint density at radius 1 is 1.06 bits per heavy atom. The summed E-state index contributed by atoms with van der Waals surface area (Å²) in [5.41, 5.74) is 3.86. The maximum Gasteiger partial charge on any atom is 0.410 e. The number of ether oxygens (including phenoxy) is 4. The Hall–Kier alpha value is -4.55. The summed E-state index contributed by atoms with van der Waals surface area (Å²) >= 11 is 8.14. The van der Waals surface area contributed by atoms with Crippen molar-refractivity contribution in [3.8, 4) is 27.6 Å². The van der Waals surface area contributed by atoms with Crippen molar-refractivity contribution in [3.63, 3.8) is 0 Å². The third-order valence-electron chi connectivity index (χ3n) is 8.00. The van der Waals surface area contributed by atoms with Gasteiger partial charge in [-0.3, -0.25) is 9.25 Å². The van der Waals surface area contributed by atoms with Gasteiger partial charge in [0.05, 0.1) is 29.4 Å². The monoisotopic (exact) mass is 691 g/mol. The molecule has 6 rings (SSSR count). The number of rotatable bonds is 8. The van der Waals surface area contributed by atoms with E-state index in [9.17, 15) is 9.59 Å². The summed E-state index contributed by atoms with van der Waals surface area (Å²) < 4.78 is 27.0. The van der Waals surface area contributed by atoms with Crippen molar-refractivity contribution < 1.29 is 28.5 Å². The molecule has 0 radical (unpaired) electrons. The zero-order valence-corrected chi connectivity index (χ0v) is 29.3. The van der Waals surface area contributed by atoms with E-state index in [4.69, 9.17) is 30.5 Å². The minimum Gasteiger partial charge on any atom is -0.489 e. The number of halogens is 1. The predicted octanol–water partition coefficient (Wildman–Crippen LogP) is 7.85. The molecule has 0 spiro atoms. The number of benzene rings is 2. The van der Waals surface area contributed by atoms with E-state index in [0.29, 0.717) is 52.9 Å². The average Bonchev–Trinajstić information content (AvgIpc) is 3.79. The van der Waals surface area contributed by atoms with Gasteiger partial charge in [0.15, 0.2) is 4.88 Å². The van der Waals surface area contributed by atoms with E-state index in [1.165, 1.54) is 18.4 Å². The largest absolute Gasteiger partial charge is 0.489 e. The molecule has 0 bridgehead atoms. The molecule has 1 saturated heterocycles. The number of amides is 1. The maximum atomic E-state index is 12.9. The molecule has 1 atom stereocenters. The van der Waals surface area contributed by atoms with Crippen molar-refractivity contribution >= 4 is 46.0 Å². The van der Waals surface area contributed by atoms with Gasteiger partial charge >= 0.3 is 12.1 Å². The molecule has 1 amide bonds. The van der Waals surface area contributed by atoms with Crippen LogP contribution in [0, 0.1) is 0 Å². The lowest BCUT2D eigenvalue weighted by Gasteiger charge is -2.33. The molecule has 252 valence electrons. The Bertz CT molecular complexity index is 1950. The number of aryl methyl sites for hydroxylation is 1. The summed E-state index contributed by atoms with van der Waals surface area (Å²) in [5.74, 6) is 0.410. The molecular formula is C35H38ClN5O6S. The molecule has 1 aliphatic heterocycles. The Labute approximate surface area is 287 Å². The zero-order valence-electron chi connectivity index (χ0n) is 27.7. The number of thiophene rings is 1. The summed E-state index contributed by atoms with van der Waals surface area (Å²) in [6, 6.07) is 13.4. The summed E-state index contributed by atoms with van der Waals surface area (Å²) in [4.78, 5) is 32.0. The fourth-order valence-electron chi connectivity index (χ4n) is 5.59. The number of aromatic nitrogens is 4. The Morgan fingerprint density at radius 2 is 1.83 bits per heavy atom. The number of carbonyl (C=O) groups is 2. The maximum absolute atomic E-state index is 12.9. The first-order valence-electron chi connectivity index (χ1n) is 15.7. The van der Waals surface area contributed by atoms with Crippen molar-refractivity contribution in [2.75, 3.05) is 20.2 Å². The van der Waals surface area contributed by atoms with Crippen LogP contribution in [0.4, 0.5) is 4.79 Å². The molecule has 0 N–H and O–H groups in total. The highest BCUT2D eigenvalue weighted by molar-refractivity contribution is 7.16. The normalized spacial score (nSPS) is 14.6. The molecule has 13 heteroatoms. The van der Waals surface area contributed by atoms with E-state index in [1.807, 2.05) is 94.2 Å². The molecule has 1 unspecified atom stereocenters. The summed E-state index contributed by atoms with van der Waals surface area (Å²) in [5, 5.41) is 5.44. The van der Waals surface area contributed by atoms with E-state index in [0.717, 1.165) is 27.2 Å². The Kier molecular flexibility index (Phi) is 9.39.